The van der Waals surface area contributed by atoms with Crippen LogP contribution in [0.2, 0.25) is 5.02 Å². The predicted octanol–water partition coefficient (Wildman–Crippen LogP) is 4.73. The van der Waals surface area contributed by atoms with Gasteiger partial charge in [0, 0.05) is 10.0 Å². The first kappa shape index (κ1) is 13.9. The molecule has 0 saturated heterocycles. The largest absolute Gasteiger partial charge is 0.490 e. The van der Waals surface area contributed by atoms with Gasteiger partial charge in [0.05, 0.1) is 11.1 Å². The SMILES string of the molecule is OC(c1ccc(OC2CC2)cc1)c1cccc(Br)c1Cl. The van der Waals surface area contributed by atoms with E-state index in [2.05, 4.69) is 15.9 Å². The number of hydrogen-bond donors (Lipinski definition) is 1. The average molecular weight is 354 g/mol. The molecule has 1 fully saturated rings. The molecular weight excluding hydrogens is 340 g/mol. The number of hydrogen-bond acceptors (Lipinski definition) is 2. The third-order valence-electron chi connectivity index (χ3n) is 3.30. The van der Waals surface area contributed by atoms with E-state index in [0.29, 0.717) is 16.7 Å². The maximum absolute atomic E-state index is 10.4. The highest BCUT2D eigenvalue weighted by molar-refractivity contribution is 9.10. The lowest BCUT2D eigenvalue weighted by atomic mass is 10.0. The van der Waals surface area contributed by atoms with Crippen molar-refractivity contribution >= 4 is 27.5 Å². The van der Waals surface area contributed by atoms with Gasteiger partial charge in [0.25, 0.3) is 0 Å². The van der Waals surface area contributed by atoms with Crippen LogP contribution in [0.3, 0.4) is 0 Å². The number of aliphatic hydroxyl groups excluding tert-OH is 1. The number of halogens is 2. The van der Waals surface area contributed by atoms with E-state index in [4.69, 9.17) is 16.3 Å². The van der Waals surface area contributed by atoms with Crippen LogP contribution in [0, 0.1) is 0 Å². The first-order valence-electron chi connectivity index (χ1n) is 6.54. The van der Waals surface area contributed by atoms with E-state index in [-0.39, 0.29) is 0 Å². The van der Waals surface area contributed by atoms with Gasteiger partial charge in [-0.05, 0) is 52.5 Å². The highest BCUT2D eigenvalue weighted by Gasteiger charge is 2.23. The average Bonchev–Trinajstić information content (AvgIpc) is 3.26. The molecule has 1 aliphatic rings. The van der Waals surface area contributed by atoms with E-state index < -0.39 is 6.10 Å². The summed E-state index contributed by atoms with van der Waals surface area (Å²) in [7, 11) is 0. The van der Waals surface area contributed by atoms with E-state index >= 15 is 0 Å². The summed E-state index contributed by atoms with van der Waals surface area (Å²) in [4.78, 5) is 0. The number of ether oxygens (including phenoxy) is 1. The molecule has 20 heavy (non-hydrogen) atoms. The predicted molar refractivity (Wildman–Crippen MR) is 83.3 cm³/mol. The molecule has 0 heterocycles. The van der Waals surface area contributed by atoms with Crippen LogP contribution in [-0.4, -0.2) is 11.2 Å². The van der Waals surface area contributed by atoms with Gasteiger partial charge in [-0.25, -0.2) is 0 Å². The Morgan fingerprint density at radius 3 is 2.50 bits per heavy atom. The highest BCUT2D eigenvalue weighted by Crippen LogP contribution is 2.34. The molecule has 1 saturated carbocycles. The molecule has 1 atom stereocenters. The van der Waals surface area contributed by atoms with Crippen molar-refractivity contribution in [2.24, 2.45) is 0 Å². The molecule has 0 aromatic heterocycles. The maximum atomic E-state index is 10.4. The first-order valence-corrected chi connectivity index (χ1v) is 7.71. The quantitative estimate of drug-likeness (QED) is 0.861. The van der Waals surface area contributed by atoms with Crippen molar-refractivity contribution in [2.45, 2.75) is 25.0 Å². The van der Waals surface area contributed by atoms with Gasteiger partial charge >= 0.3 is 0 Å². The Bertz CT molecular complexity index is 608. The number of benzene rings is 2. The Morgan fingerprint density at radius 1 is 1.15 bits per heavy atom. The van der Waals surface area contributed by atoms with Crippen molar-refractivity contribution in [2.75, 3.05) is 0 Å². The Kier molecular flexibility index (Phi) is 4.01. The summed E-state index contributed by atoms with van der Waals surface area (Å²) in [5.74, 6) is 0.851. The van der Waals surface area contributed by atoms with Gasteiger partial charge in [-0.3, -0.25) is 0 Å². The molecule has 2 aromatic rings. The van der Waals surface area contributed by atoms with Crippen LogP contribution in [0.4, 0.5) is 0 Å². The van der Waals surface area contributed by atoms with Gasteiger partial charge < -0.3 is 9.84 Å². The van der Waals surface area contributed by atoms with Crippen LogP contribution in [-0.2, 0) is 0 Å². The maximum Gasteiger partial charge on any atom is 0.119 e. The van der Waals surface area contributed by atoms with Crippen molar-refractivity contribution < 1.29 is 9.84 Å². The normalized spacial score (nSPS) is 15.9. The van der Waals surface area contributed by atoms with E-state index in [9.17, 15) is 5.11 Å². The summed E-state index contributed by atoms with van der Waals surface area (Å²) < 4.78 is 6.48. The number of aliphatic hydroxyl groups is 1. The van der Waals surface area contributed by atoms with Gasteiger partial charge in [-0.15, -0.1) is 0 Å². The lowest BCUT2D eigenvalue weighted by Crippen LogP contribution is -2.01. The summed E-state index contributed by atoms with van der Waals surface area (Å²) in [6.45, 7) is 0. The van der Waals surface area contributed by atoms with Crippen molar-refractivity contribution in [1.29, 1.82) is 0 Å². The second kappa shape index (κ2) is 5.76. The Hall–Kier alpha value is -1.03. The van der Waals surface area contributed by atoms with E-state index in [0.717, 1.165) is 28.6 Å². The Morgan fingerprint density at radius 2 is 1.85 bits per heavy atom. The molecule has 0 spiro atoms. The topological polar surface area (TPSA) is 29.5 Å². The minimum atomic E-state index is -0.741. The zero-order valence-electron chi connectivity index (χ0n) is 10.7. The van der Waals surface area contributed by atoms with Gasteiger partial charge in [-0.2, -0.15) is 0 Å². The van der Waals surface area contributed by atoms with Crippen LogP contribution in [0.25, 0.3) is 0 Å². The minimum absolute atomic E-state index is 0.380. The van der Waals surface area contributed by atoms with E-state index in [1.807, 2.05) is 42.5 Å². The van der Waals surface area contributed by atoms with Crippen molar-refractivity contribution in [1.82, 2.24) is 0 Å². The highest BCUT2D eigenvalue weighted by atomic mass is 79.9. The molecule has 104 valence electrons. The molecule has 3 rings (SSSR count). The Labute approximate surface area is 131 Å². The Balaban J connectivity index is 1.82. The lowest BCUT2D eigenvalue weighted by molar-refractivity contribution is 0.220. The third-order valence-corrected chi connectivity index (χ3v) is 4.61. The molecule has 4 heteroatoms. The van der Waals surface area contributed by atoms with Gasteiger partial charge in [0.2, 0.25) is 0 Å². The summed E-state index contributed by atoms with van der Waals surface area (Å²) in [5.41, 5.74) is 1.49. The summed E-state index contributed by atoms with van der Waals surface area (Å²) in [6, 6.07) is 13.1. The van der Waals surface area contributed by atoms with Crippen molar-refractivity contribution in [3.63, 3.8) is 0 Å². The molecule has 1 unspecified atom stereocenters. The molecule has 1 N–H and O–H groups in total. The molecule has 1 aliphatic carbocycles. The van der Waals surface area contributed by atoms with Crippen LogP contribution in [0.15, 0.2) is 46.9 Å². The standard InChI is InChI=1S/C16H14BrClO2/c17-14-3-1-2-13(15(14)18)16(19)10-4-6-11(7-5-10)20-12-8-9-12/h1-7,12,16,19H,8-9H2. The lowest BCUT2D eigenvalue weighted by Gasteiger charge is -2.14. The van der Waals surface area contributed by atoms with Crippen molar-refractivity contribution in [3.8, 4) is 5.75 Å². The van der Waals surface area contributed by atoms with Crippen LogP contribution < -0.4 is 4.74 Å². The fraction of sp³-hybridized carbons (Fsp3) is 0.250. The molecule has 2 nitrogen and oxygen atoms in total. The summed E-state index contributed by atoms with van der Waals surface area (Å²) in [5, 5.41) is 11.0. The van der Waals surface area contributed by atoms with Crippen LogP contribution in [0.1, 0.15) is 30.1 Å². The van der Waals surface area contributed by atoms with Crippen LogP contribution >= 0.6 is 27.5 Å². The second-order valence-corrected chi connectivity index (χ2v) is 6.16. The van der Waals surface area contributed by atoms with Gasteiger partial charge in [0.1, 0.15) is 11.9 Å². The number of rotatable bonds is 4. The second-order valence-electron chi connectivity index (χ2n) is 4.93. The summed E-state index contributed by atoms with van der Waals surface area (Å²) in [6.07, 6.45) is 1.91. The zero-order valence-corrected chi connectivity index (χ0v) is 13.1. The molecule has 0 bridgehead atoms. The smallest absolute Gasteiger partial charge is 0.119 e. The first-order chi connectivity index (χ1) is 9.65. The zero-order chi connectivity index (χ0) is 14.1. The van der Waals surface area contributed by atoms with E-state index in [1.165, 1.54) is 0 Å². The van der Waals surface area contributed by atoms with E-state index in [1.54, 1.807) is 0 Å². The molecule has 2 aromatic carbocycles. The van der Waals surface area contributed by atoms with Crippen LogP contribution in [0.5, 0.6) is 5.75 Å². The van der Waals surface area contributed by atoms with Gasteiger partial charge in [-0.1, -0.05) is 35.9 Å². The molecule has 0 aliphatic heterocycles. The third kappa shape index (κ3) is 3.00. The fourth-order valence-corrected chi connectivity index (χ4v) is 2.63. The van der Waals surface area contributed by atoms with Crippen molar-refractivity contribution in [3.05, 3.63) is 63.1 Å². The minimum Gasteiger partial charge on any atom is -0.490 e. The fourth-order valence-electron chi connectivity index (χ4n) is 2.02. The summed E-state index contributed by atoms with van der Waals surface area (Å²) >= 11 is 9.58. The molecule has 0 radical (unpaired) electrons. The monoisotopic (exact) mass is 352 g/mol. The molecular formula is C16H14BrClO2. The van der Waals surface area contributed by atoms with Gasteiger partial charge in [0.15, 0.2) is 0 Å². The molecule has 0 amide bonds.